The van der Waals surface area contributed by atoms with Gasteiger partial charge < -0.3 is 4.90 Å². The molecule has 1 atom stereocenters. The summed E-state index contributed by atoms with van der Waals surface area (Å²) in [6.45, 7) is 4.98. The predicted molar refractivity (Wildman–Crippen MR) is 81.1 cm³/mol. The van der Waals surface area contributed by atoms with Crippen molar-refractivity contribution >= 4 is 28.8 Å². The zero-order chi connectivity index (χ0) is 14.5. The summed E-state index contributed by atoms with van der Waals surface area (Å²) in [5.41, 5.74) is 0. The van der Waals surface area contributed by atoms with Gasteiger partial charge in [0.15, 0.2) is 0 Å². The molecule has 0 N–H and O–H groups in total. The highest BCUT2D eigenvalue weighted by Gasteiger charge is 2.26. The molecule has 4 nitrogen and oxygen atoms in total. The van der Waals surface area contributed by atoms with Gasteiger partial charge in [0.2, 0.25) is 0 Å². The molecule has 108 valence electrons. The summed E-state index contributed by atoms with van der Waals surface area (Å²) in [6.07, 6.45) is 1.90. The number of amides is 1. The maximum Gasteiger partial charge on any atom is 0.264 e. The average molecular weight is 312 g/mol. The quantitative estimate of drug-likeness (QED) is 0.859. The average Bonchev–Trinajstić information content (AvgIpc) is 2.91. The number of hydrogen-bond donors (Lipinski definition) is 0. The van der Waals surface area contributed by atoms with E-state index in [4.69, 9.17) is 11.6 Å². The van der Waals surface area contributed by atoms with Crippen LogP contribution in [0.4, 0.5) is 0 Å². The summed E-state index contributed by atoms with van der Waals surface area (Å²) in [7, 11) is 0. The lowest BCUT2D eigenvalue weighted by molar-refractivity contribution is 0.0606. The molecule has 1 unspecified atom stereocenters. The smallest absolute Gasteiger partial charge is 0.264 e. The molecule has 20 heavy (non-hydrogen) atoms. The predicted octanol–water partition coefficient (Wildman–Crippen LogP) is 2.85. The monoisotopic (exact) mass is 311 g/mol. The zero-order valence-corrected chi connectivity index (χ0v) is 13.1. The van der Waals surface area contributed by atoms with E-state index in [1.807, 2.05) is 4.90 Å². The lowest BCUT2D eigenvalue weighted by Crippen LogP contribution is -2.51. The van der Waals surface area contributed by atoms with Crippen molar-refractivity contribution in [2.45, 2.75) is 25.8 Å². The molecule has 0 spiro atoms. The zero-order valence-electron chi connectivity index (χ0n) is 11.5. The van der Waals surface area contributed by atoms with Crippen LogP contribution in [-0.4, -0.2) is 47.9 Å². The van der Waals surface area contributed by atoms with Crippen LogP contribution >= 0.6 is 22.9 Å². The van der Waals surface area contributed by atoms with Gasteiger partial charge in [0.1, 0.15) is 0 Å². The van der Waals surface area contributed by atoms with Crippen LogP contribution in [0, 0.1) is 11.3 Å². The van der Waals surface area contributed by atoms with E-state index < -0.39 is 0 Å². The normalized spacial score (nSPS) is 17.8. The highest BCUT2D eigenvalue weighted by atomic mass is 35.5. The van der Waals surface area contributed by atoms with Crippen molar-refractivity contribution in [1.82, 2.24) is 9.80 Å². The lowest BCUT2D eigenvalue weighted by Gasteiger charge is -2.36. The molecule has 0 aliphatic carbocycles. The SMILES string of the molecule is CCCC(C#N)N1CCN(C(=O)c2ccc(Cl)s2)CC1. The minimum atomic E-state index is -0.0200. The van der Waals surface area contributed by atoms with Crippen LogP contribution in [0.25, 0.3) is 0 Å². The largest absolute Gasteiger partial charge is 0.335 e. The van der Waals surface area contributed by atoms with Gasteiger partial charge in [-0.15, -0.1) is 11.3 Å². The Hall–Kier alpha value is -1.09. The summed E-state index contributed by atoms with van der Waals surface area (Å²) >= 11 is 7.18. The van der Waals surface area contributed by atoms with Crippen LogP contribution in [0.2, 0.25) is 4.34 Å². The van der Waals surface area contributed by atoms with Crippen LogP contribution in [0.5, 0.6) is 0 Å². The van der Waals surface area contributed by atoms with Gasteiger partial charge in [0.25, 0.3) is 5.91 Å². The molecule has 6 heteroatoms. The van der Waals surface area contributed by atoms with E-state index in [0.717, 1.165) is 25.9 Å². The Morgan fingerprint density at radius 2 is 2.15 bits per heavy atom. The Morgan fingerprint density at radius 3 is 2.65 bits per heavy atom. The third kappa shape index (κ3) is 3.51. The number of nitrogens with zero attached hydrogens (tertiary/aromatic N) is 3. The third-order valence-electron chi connectivity index (χ3n) is 3.54. The van der Waals surface area contributed by atoms with Gasteiger partial charge in [-0.25, -0.2) is 0 Å². The van der Waals surface area contributed by atoms with E-state index in [1.54, 1.807) is 12.1 Å². The van der Waals surface area contributed by atoms with Crippen molar-refractivity contribution in [1.29, 1.82) is 5.26 Å². The number of thiophene rings is 1. The highest BCUT2D eigenvalue weighted by molar-refractivity contribution is 7.17. The van der Waals surface area contributed by atoms with Gasteiger partial charge in [0, 0.05) is 26.2 Å². The number of piperazine rings is 1. The fourth-order valence-corrected chi connectivity index (χ4v) is 3.43. The molecular weight excluding hydrogens is 294 g/mol. The fourth-order valence-electron chi connectivity index (χ4n) is 2.42. The molecule has 1 aromatic rings. The number of halogens is 1. The van der Waals surface area contributed by atoms with Crippen LogP contribution < -0.4 is 0 Å². The van der Waals surface area contributed by atoms with Gasteiger partial charge in [-0.1, -0.05) is 24.9 Å². The van der Waals surface area contributed by atoms with E-state index >= 15 is 0 Å². The molecule has 0 saturated carbocycles. The summed E-state index contributed by atoms with van der Waals surface area (Å²) < 4.78 is 0.638. The molecule has 0 bridgehead atoms. The minimum absolute atomic E-state index is 0.0200. The second-order valence-corrected chi connectivity index (χ2v) is 6.58. The Labute approximate surface area is 128 Å². The van der Waals surface area contributed by atoms with Crippen molar-refractivity contribution in [2.75, 3.05) is 26.2 Å². The van der Waals surface area contributed by atoms with Crippen molar-refractivity contribution < 1.29 is 4.79 Å². The van der Waals surface area contributed by atoms with Crippen molar-refractivity contribution in [2.24, 2.45) is 0 Å². The maximum absolute atomic E-state index is 12.3. The van der Waals surface area contributed by atoms with Crippen LogP contribution in [0.3, 0.4) is 0 Å². The van der Waals surface area contributed by atoms with Crippen LogP contribution in [0.1, 0.15) is 29.4 Å². The molecule has 2 rings (SSSR count). The van der Waals surface area contributed by atoms with Crippen LogP contribution in [-0.2, 0) is 0 Å². The number of hydrogen-bond acceptors (Lipinski definition) is 4. The highest BCUT2D eigenvalue weighted by Crippen LogP contribution is 2.23. The van der Waals surface area contributed by atoms with Crippen molar-refractivity contribution in [3.63, 3.8) is 0 Å². The topological polar surface area (TPSA) is 47.3 Å². The van der Waals surface area contributed by atoms with Crippen molar-refractivity contribution in [3.05, 3.63) is 21.3 Å². The second-order valence-electron chi connectivity index (χ2n) is 4.87. The third-order valence-corrected chi connectivity index (χ3v) is 4.76. The van der Waals surface area contributed by atoms with E-state index in [0.29, 0.717) is 22.3 Å². The summed E-state index contributed by atoms with van der Waals surface area (Å²) in [6, 6.07) is 5.87. The maximum atomic E-state index is 12.3. The standard InChI is InChI=1S/C14H18ClN3OS/c1-2-3-11(10-16)17-6-8-18(9-7-17)14(19)12-4-5-13(15)20-12/h4-5,11H,2-3,6-9H2,1H3. The van der Waals surface area contributed by atoms with Gasteiger partial charge in [-0.3, -0.25) is 9.69 Å². The van der Waals surface area contributed by atoms with Gasteiger partial charge in [-0.05, 0) is 18.6 Å². The number of rotatable bonds is 4. The van der Waals surface area contributed by atoms with E-state index in [-0.39, 0.29) is 11.9 Å². The first-order valence-corrected chi connectivity index (χ1v) is 8.03. The Bertz CT molecular complexity index is 503. The molecule has 1 aliphatic rings. The van der Waals surface area contributed by atoms with Gasteiger partial charge in [-0.2, -0.15) is 5.26 Å². The molecule has 2 heterocycles. The van der Waals surface area contributed by atoms with Crippen molar-refractivity contribution in [3.8, 4) is 6.07 Å². The fraction of sp³-hybridized carbons (Fsp3) is 0.571. The molecule has 0 aromatic carbocycles. The second kappa shape index (κ2) is 7.07. The molecular formula is C14H18ClN3OS. The first-order chi connectivity index (χ1) is 9.65. The first-order valence-electron chi connectivity index (χ1n) is 6.84. The minimum Gasteiger partial charge on any atom is -0.335 e. The Morgan fingerprint density at radius 1 is 1.45 bits per heavy atom. The molecule has 1 fully saturated rings. The Kier molecular flexibility index (Phi) is 5.41. The van der Waals surface area contributed by atoms with E-state index in [9.17, 15) is 10.1 Å². The summed E-state index contributed by atoms with van der Waals surface area (Å²) in [5.74, 6) is 0.0468. The van der Waals surface area contributed by atoms with E-state index in [2.05, 4.69) is 17.9 Å². The summed E-state index contributed by atoms with van der Waals surface area (Å²) in [4.78, 5) is 17.0. The van der Waals surface area contributed by atoms with Crippen LogP contribution in [0.15, 0.2) is 12.1 Å². The molecule has 1 amide bonds. The molecule has 0 radical (unpaired) electrons. The number of carbonyl (C=O) groups excluding carboxylic acids is 1. The number of carbonyl (C=O) groups is 1. The lowest BCUT2D eigenvalue weighted by atomic mass is 10.1. The van der Waals surface area contributed by atoms with E-state index in [1.165, 1.54) is 11.3 Å². The van der Waals surface area contributed by atoms with Gasteiger partial charge >= 0.3 is 0 Å². The summed E-state index contributed by atoms with van der Waals surface area (Å²) in [5, 5.41) is 9.18. The molecule has 1 aliphatic heterocycles. The first kappa shape index (κ1) is 15.3. The Balaban J connectivity index is 1.91. The van der Waals surface area contributed by atoms with Gasteiger partial charge in [0.05, 0.1) is 21.3 Å². The molecule has 1 aromatic heterocycles. The number of nitriles is 1. The molecule has 1 saturated heterocycles.